The van der Waals surface area contributed by atoms with E-state index in [0.29, 0.717) is 35.5 Å². The number of halogens is 3. The van der Waals surface area contributed by atoms with Gasteiger partial charge in [0.2, 0.25) is 5.95 Å². The van der Waals surface area contributed by atoms with Crippen molar-refractivity contribution in [2.45, 2.75) is 24.4 Å². The van der Waals surface area contributed by atoms with Crippen LogP contribution >= 0.6 is 0 Å². The second-order valence-corrected chi connectivity index (χ2v) is 9.69. The molecule has 4 aromatic rings. The third kappa shape index (κ3) is 3.83. The predicted octanol–water partition coefficient (Wildman–Crippen LogP) is 3.82. The van der Waals surface area contributed by atoms with Crippen molar-refractivity contribution >= 4 is 21.3 Å². The van der Waals surface area contributed by atoms with Crippen molar-refractivity contribution in [1.29, 1.82) is 0 Å². The number of imidazole rings is 1. The van der Waals surface area contributed by atoms with Gasteiger partial charge in [0.25, 0.3) is 6.43 Å². The second kappa shape index (κ2) is 8.28. The minimum Gasteiger partial charge on any atom is -0.493 e. The molecule has 0 atom stereocenters. The van der Waals surface area contributed by atoms with Gasteiger partial charge in [-0.2, -0.15) is 0 Å². The Kier molecular flexibility index (Phi) is 5.39. The molecule has 0 spiro atoms. The van der Waals surface area contributed by atoms with E-state index in [0.717, 1.165) is 11.8 Å². The number of ether oxygens (including phenoxy) is 1. The maximum Gasteiger partial charge on any atom is 0.280 e. The molecule has 0 bridgehead atoms. The summed E-state index contributed by atoms with van der Waals surface area (Å²) in [6.45, 7) is 0.553. The van der Waals surface area contributed by atoms with Crippen molar-refractivity contribution in [3.63, 3.8) is 0 Å². The SMILES string of the molecule is CS(=O)(=O)c1ncn2c(NCc3c(F)ccc4c3CCO4)ncc(-c3ccc(C(F)F)nc3)c12. The van der Waals surface area contributed by atoms with E-state index < -0.39 is 27.8 Å². The molecule has 0 unspecified atom stereocenters. The first kappa shape index (κ1) is 22.1. The van der Waals surface area contributed by atoms with E-state index in [1.54, 1.807) is 6.07 Å². The molecule has 0 saturated carbocycles. The van der Waals surface area contributed by atoms with E-state index in [-0.39, 0.29) is 23.0 Å². The standard InChI is InChI=1S/C22H18F3N5O3S/c1-34(31,32)21-19-14(12-2-4-17(20(24)25)26-8-12)9-27-22(30(19)11-29-21)28-10-15-13-6-7-33-18(13)5-3-16(15)23/h2-5,8-9,11,20H,6-7,10H2,1H3,(H,27,28). The Morgan fingerprint density at radius 3 is 2.68 bits per heavy atom. The maximum absolute atomic E-state index is 14.5. The number of hydrogen-bond donors (Lipinski definition) is 1. The molecular weight excluding hydrogens is 471 g/mol. The van der Waals surface area contributed by atoms with Crippen LogP contribution in [0.2, 0.25) is 0 Å². The third-order valence-corrected chi connectivity index (χ3v) is 6.57. The van der Waals surface area contributed by atoms with Crippen molar-refractivity contribution in [3.8, 4) is 16.9 Å². The molecule has 0 radical (unpaired) electrons. The minimum absolute atomic E-state index is 0.0802. The molecular formula is C22H18F3N5O3S. The lowest BCUT2D eigenvalue weighted by Crippen LogP contribution is -2.10. The van der Waals surface area contributed by atoms with Crippen molar-refractivity contribution in [1.82, 2.24) is 19.4 Å². The lowest BCUT2D eigenvalue weighted by molar-refractivity contribution is 0.146. The fourth-order valence-corrected chi connectivity index (χ4v) is 4.77. The Labute approximate surface area is 192 Å². The van der Waals surface area contributed by atoms with Gasteiger partial charge in [-0.15, -0.1) is 0 Å². The number of pyridine rings is 1. The molecule has 8 nitrogen and oxygen atoms in total. The van der Waals surface area contributed by atoms with Gasteiger partial charge in [0.05, 0.1) is 12.1 Å². The number of sulfone groups is 1. The molecule has 0 aliphatic carbocycles. The van der Waals surface area contributed by atoms with Crippen LogP contribution in [0.4, 0.5) is 19.1 Å². The van der Waals surface area contributed by atoms with Gasteiger partial charge in [0.1, 0.15) is 23.6 Å². The van der Waals surface area contributed by atoms with E-state index >= 15 is 0 Å². The third-order valence-electron chi connectivity index (χ3n) is 5.57. The van der Waals surface area contributed by atoms with Gasteiger partial charge in [0, 0.05) is 53.9 Å². The van der Waals surface area contributed by atoms with Crippen LogP contribution in [0.15, 0.2) is 48.0 Å². The smallest absolute Gasteiger partial charge is 0.280 e. The van der Waals surface area contributed by atoms with Crippen molar-refractivity contribution in [3.05, 3.63) is 65.6 Å². The largest absolute Gasteiger partial charge is 0.493 e. The molecule has 34 heavy (non-hydrogen) atoms. The number of rotatable bonds is 6. The summed E-state index contributed by atoms with van der Waals surface area (Å²) in [5.41, 5.74) is 1.75. The van der Waals surface area contributed by atoms with E-state index in [4.69, 9.17) is 4.74 Å². The first-order valence-electron chi connectivity index (χ1n) is 10.2. The number of fused-ring (bicyclic) bond motifs is 2. The van der Waals surface area contributed by atoms with Crippen LogP contribution in [-0.2, 0) is 22.8 Å². The molecule has 1 N–H and O–H groups in total. The van der Waals surface area contributed by atoms with Crippen molar-refractivity contribution < 1.29 is 26.3 Å². The molecule has 3 aromatic heterocycles. The molecule has 176 valence electrons. The average Bonchev–Trinajstić information content (AvgIpc) is 3.46. The number of hydrogen-bond acceptors (Lipinski definition) is 7. The highest BCUT2D eigenvalue weighted by molar-refractivity contribution is 7.90. The summed E-state index contributed by atoms with van der Waals surface area (Å²) >= 11 is 0. The maximum atomic E-state index is 14.5. The fraction of sp³-hybridized carbons (Fsp3) is 0.227. The molecule has 12 heteroatoms. The van der Waals surface area contributed by atoms with Crippen molar-refractivity contribution in [2.75, 3.05) is 18.2 Å². The summed E-state index contributed by atoms with van der Waals surface area (Å²) < 4.78 is 72.1. The summed E-state index contributed by atoms with van der Waals surface area (Å²) in [4.78, 5) is 12.2. The Morgan fingerprint density at radius 2 is 1.97 bits per heavy atom. The van der Waals surface area contributed by atoms with Crippen LogP contribution in [0.25, 0.3) is 16.6 Å². The van der Waals surface area contributed by atoms with Gasteiger partial charge in [0.15, 0.2) is 14.9 Å². The van der Waals surface area contributed by atoms with E-state index in [1.807, 2.05) is 0 Å². The molecule has 1 aliphatic rings. The number of anilines is 1. The highest BCUT2D eigenvalue weighted by Crippen LogP contribution is 2.33. The molecule has 0 amide bonds. The van der Waals surface area contributed by atoms with Gasteiger partial charge in [-0.05, 0) is 18.2 Å². The van der Waals surface area contributed by atoms with Crippen LogP contribution < -0.4 is 10.1 Å². The zero-order valence-corrected chi connectivity index (χ0v) is 18.6. The first-order chi connectivity index (χ1) is 16.2. The quantitative estimate of drug-likeness (QED) is 0.440. The van der Waals surface area contributed by atoms with Gasteiger partial charge in [-0.25, -0.2) is 31.6 Å². The number of nitrogens with zero attached hydrogens (tertiary/aromatic N) is 4. The molecule has 1 aromatic carbocycles. The van der Waals surface area contributed by atoms with E-state index in [2.05, 4.69) is 20.3 Å². The molecule has 1 aliphatic heterocycles. The van der Waals surface area contributed by atoms with Crippen molar-refractivity contribution in [2.24, 2.45) is 0 Å². The summed E-state index contributed by atoms with van der Waals surface area (Å²) in [5, 5.41) is 2.85. The lowest BCUT2D eigenvalue weighted by atomic mass is 10.0. The molecule has 5 rings (SSSR count). The second-order valence-electron chi connectivity index (χ2n) is 7.76. The molecule has 0 saturated heterocycles. The molecule has 0 fully saturated rings. The summed E-state index contributed by atoms with van der Waals surface area (Å²) in [6.07, 6.45) is 2.80. The van der Waals surface area contributed by atoms with Gasteiger partial charge in [-0.1, -0.05) is 6.07 Å². The Balaban J connectivity index is 1.58. The highest BCUT2D eigenvalue weighted by atomic mass is 32.2. The van der Waals surface area contributed by atoms with Crippen LogP contribution in [0.3, 0.4) is 0 Å². The summed E-state index contributed by atoms with van der Waals surface area (Å²) in [7, 11) is -3.74. The van der Waals surface area contributed by atoms with Crippen LogP contribution in [0.1, 0.15) is 23.2 Å². The Morgan fingerprint density at radius 1 is 1.15 bits per heavy atom. The predicted molar refractivity (Wildman–Crippen MR) is 117 cm³/mol. The zero-order valence-electron chi connectivity index (χ0n) is 17.8. The van der Waals surface area contributed by atoms with E-state index in [1.165, 1.54) is 41.3 Å². The highest BCUT2D eigenvalue weighted by Gasteiger charge is 2.23. The minimum atomic E-state index is -3.74. The topological polar surface area (TPSA) is 98.5 Å². The summed E-state index contributed by atoms with van der Waals surface area (Å²) in [5.74, 6) is 0.472. The van der Waals surface area contributed by atoms with Crippen LogP contribution in [-0.4, -0.2) is 40.6 Å². The van der Waals surface area contributed by atoms with Crippen LogP contribution in [0, 0.1) is 5.82 Å². The Bertz CT molecular complexity index is 1500. The van der Waals surface area contributed by atoms with E-state index in [9.17, 15) is 21.6 Å². The van der Waals surface area contributed by atoms with Gasteiger partial charge >= 0.3 is 0 Å². The molecule has 4 heterocycles. The number of nitrogens with one attached hydrogen (secondary N) is 1. The fourth-order valence-electron chi connectivity index (χ4n) is 3.97. The Hall–Kier alpha value is -3.67. The van der Waals surface area contributed by atoms with Gasteiger partial charge < -0.3 is 10.1 Å². The first-order valence-corrected chi connectivity index (χ1v) is 12.1. The average molecular weight is 489 g/mol. The summed E-state index contributed by atoms with van der Waals surface area (Å²) in [6, 6.07) is 5.51. The van der Waals surface area contributed by atoms with Crippen LogP contribution in [0.5, 0.6) is 5.75 Å². The van der Waals surface area contributed by atoms with Gasteiger partial charge in [-0.3, -0.25) is 9.38 Å². The number of alkyl halides is 2. The number of aromatic nitrogens is 4. The zero-order chi connectivity index (χ0) is 24.0. The number of benzene rings is 1. The normalized spacial score (nSPS) is 13.3. The lowest BCUT2D eigenvalue weighted by Gasteiger charge is -2.13. The monoisotopic (exact) mass is 489 g/mol.